The number of piperidine rings is 1. The summed E-state index contributed by atoms with van der Waals surface area (Å²) in [5.74, 6) is 0.883. The summed E-state index contributed by atoms with van der Waals surface area (Å²) in [6.07, 6.45) is 11.0. The Bertz CT molecular complexity index is 1190. The fourth-order valence-corrected chi connectivity index (χ4v) is 6.61. The van der Waals surface area contributed by atoms with Gasteiger partial charge in [0.05, 0.1) is 10.0 Å². The van der Waals surface area contributed by atoms with Crippen molar-refractivity contribution in [3.8, 4) is 11.1 Å². The smallest absolute Gasteiger partial charge is 0.211 e. The Balaban J connectivity index is 1.38. The average molecular weight is 520 g/mol. The molecule has 1 saturated heterocycles. The quantitative estimate of drug-likeness (QED) is 0.361. The van der Waals surface area contributed by atoms with Gasteiger partial charge >= 0.3 is 0 Å². The van der Waals surface area contributed by atoms with Crippen molar-refractivity contribution in [3.63, 3.8) is 0 Å². The Morgan fingerprint density at radius 1 is 1.12 bits per heavy atom. The van der Waals surface area contributed by atoms with E-state index in [1.807, 2.05) is 49.7 Å². The van der Waals surface area contributed by atoms with Crippen molar-refractivity contribution in [1.82, 2.24) is 14.4 Å². The maximum atomic E-state index is 12.7. The molecule has 1 aromatic carbocycles. The van der Waals surface area contributed by atoms with Crippen LogP contribution >= 0.6 is 23.2 Å². The lowest BCUT2D eigenvalue weighted by Gasteiger charge is -2.50. The van der Waals surface area contributed by atoms with Crippen LogP contribution < -0.4 is 4.90 Å². The van der Waals surface area contributed by atoms with Crippen LogP contribution in [0.3, 0.4) is 0 Å². The molecule has 0 bridgehead atoms. The average Bonchev–Trinajstić information content (AvgIpc) is 3.43. The van der Waals surface area contributed by atoms with Crippen LogP contribution in [0.15, 0.2) is 36.8 Å². The molecule has 6 nitrogen and oxygen atoms in total. The molecule has 0 radical (unpaired) electrons. The maximum Gasteiger partial charge on any atom is 0.211 e. The van der Waals surface area contributed by atoms with E-state index in [1.54, 1.807) is 12.3 Å². The highest BCUT2D eigenvalue weighted by atomic mass is 35.5. The van der Waals surface area contributed by atoms with Crippen molar-refractivity contribution in [2.24, 2.45) is 5.41 Å². The van der Waals surface area contributed by atoms with Crippen molar-refractivity contribution >= 4 is 46.2 Å². The second kappa shape index (κ2) is 9.17. The van der Waals surface area contributed by atoms with Gasteiger partial charge in [0.2, 0.25) is 5.95 Å². The van der Waals surface area contributed by atoms with E-state index in [-0.39, 0.29) is 16.2 Å². The summed E-state index contributed by atoms with van der Waals surface area (Å²) in [5.41, 5.74) is 2.64. The molecule has 1 aliphatic heterocycles. The monoisotopic (exact) mass is 518 g/mol. The Morgan fingerprint density at radius 2 is 1.88 bits per heavy atom. The van der Waals surface area contributed by atoms with E-state index < -0.39 is 11.4 Å². The third kappa shape index (κ3) is 4.30. The minimum Gasteiger partial charge on any atom is -0.627 e. The Morgan fingerprint density at radius 3 is 2.62 bits per heavy atom. The molecule has 5 rings (SSSR count). The first-order chi connectivity index (χ1) is 16.2. The van der Waals surface area contributed by atoms with Gasteiger partial charge in [-0.1, -0.05) is 54.2 Å². The molecule has 2 aromatic heterocycles. The lowest BCUT2D eigenvalue weighted by molar-refractivity contribution is 0.213. The predicted octanol–water partition coefficient (Wildman–Crippen LogP) is 6.68. The molecule has 34 heavy (non-hydrogen) atoms. The fraction of sp³-hybridized carbons (Fsp3) is 0.520. The van der Waals surface area contributed by atoms with Crippen LogP contribution in [-0.4, -0.2) is 42.8 Å². The number of benzene rings is 1. The molecular formula is C25H30Cl2N5OS-. The van der Waals surface area contributed by atoms with Crippen LogP contribution in [0, 0.1) is 5.41 Å². The zero-order valence-electron chi connectivity index (χ0n) is 19.8. The van der Waals surface area contributed by atoms with Crippen molar-refractivity contribution < 1.29 is 4.55 Å². The van der Waals surface area contributed by atoms with Gasteiger partial charge in [0, 0.05) is 42.8 Å². The van der Waals surface area contributed by atoms with Gasteiger partial charge in [-0.3, -0.25) is 4.40 Å². The fourth-order valence-electron chi connectivity index (χ4n) is 5.34. The van der Waals surface area contributed by atoms with Crippen LogP contribution in [0.4, 0.5) is 5.95 Å². The molecule has 0 unspecified atom stereocenters. The van der Waals surface area contributed by atoms with Gasteiger partial charge in [-0.05, 0) is 51.5 Å². The van der Waals surface area contributed by atoms with Crippen molar-refractivity contribution in [2.45, 2.75) is 63.7 Å². The molecule has 182 valence electrons. The molecule has 0 N–H and O–H groups in total. The van der Waals surface area contributed by atoms with E-state index >= 15 is 0 Å². The topological polar surface area (TPSA) is 70.6 Å². The maximum absolute atomic E-state index is 12.7. The van der Waals surface area contributed by atoms with Crippen LogP contribution in [0.1, 0.15) is 52.9 Å². The number of imidazole rings is 1. The van der Waals surface area contributed by atoms with Gasteiger partial charge in [-0.15, -0.1) is 11.4 Å². The summed E-state index contributed by atoms with van der Waals surface area (Å²) in [4.78, 5) is 11.8. The van der Waals surface area contributed by atoms with Crippen LogP contribution in [0.2, 0.25) is 10.0 Å². The zero-order chi connectivity index (χ0) is 24.1. The first kappa shape index (κ1) is 24.2. The molecule has 1 spiro atoms. The van der Waals surface area contributed by atoms with E-state index in [9.17, 15) is 4.55 Å². The highest BCUT2D eigenvalue weighted by Gasteiger charge is 2.42. The minimum absolute atomic E-state index is 0.152. The van der Waals surface area contributed by atoms with Crippen LogP contribution in [0.25, 0.3) is 21.5 Å². The van der Waals surface area contributed by atoms with Gasteiger partial charge in [0.1, 0.15) is 10.4 Å². The molecule has 3 aromatic rings. The van der Waals surface area contributed by atoms with E-state index in [0.29, 0.717) is 10.0 Å². The van der Waals surface area contributed by atoms with Gasteiger partial charge in [0.15, 0.2) is 0 Å². The van der Waals surface area contributed by atoms with Gasteiger partial charge < -0.3 is 14.2 Å². The number of hydrogen-bond donors (Lipinski definition) is 0. The van der Waals surface area contributed by atoms with E-state index in [1.165, 1.54) is 0 Å². The summed E-state index contributed by atoms with van der Waals surface area (Å²) in [6.45, 7) is 7.79. The molecule has 2 atom stereocenters. The molecule has 1 aliphatic carbocycles. The van der Waals surface area contributed by atoms with Crippen LogP contribution in [0.5, 0.6) is 0 Å². The first-order valence-electron chi connectivity index (χ1n) is 11.8. The highest BCUT2D eigenvalue weighted by molar-refractivity contribution is 7.95. The van der Waals surface area contributed by atoms with E-state index in [4.69, 9.17) is 32.9 Å². The number of fused-ring (bicyclic) bond motifs is 1. The SMILES string of the molecule is CC(C)(C)[S@@+]([O-])[N-][C@@H]1CCCC12CCN(c1ncc(-c3cccc(Cl)c3Cl)c3nccn13)CC2. The summed E-state index contributed by atoms with van der Waals surface area (Å²) >= 11 is 11.6. The molecule has 1 saturated carbocycles. The minimum atomic E-state index is -1.17. The molecule has 9 heteroatoms. The van der Waals surface area contributed by atoms with Crippen molar-refractivity contribution in [2.75, 3.05) is 18.0 Å². The van der Waals surface area contributed by atoms with Gasteiger partial charge in [0.25, 0.3) is 0 Å². The predicted molar refractivity (Wildman–Crippen MR) is 141 cm³/mol. The number of rotatable bonds is 4. The number of hydrogen-bond acceptors (Lipinski definition) is 4. The van der Waals surface area contributed by atoms with Crippen molar-refractivity contribution in [1.29, 1.82) is 0 Å². The van der Waals surface area contributed by atoms with E-state index in [0.717, 1.165) is 67.9 Å². The van der Waals surface area contributed by atoms with Crippen LogP contribution in [-0.2, 0) is 11.4 Å². The molecule has 2 aliphatic rings. The summed E-state index contributed by atoms with van der Waals surface area (Å²) in [7, 11) is 0. The number of aromatic nitrogens is 3. The third-order valence-electron chi connectivity index (χ3n) is 7.30. The number of halogens is 2. The normalized spacial score (nSPS) is 21.5. The Labute approximate surface area is 214 Å². The summed E-state index contributed by atoms with van der Waals surface area (Å²) in [5, 5.41) is 1.02. The second-order valence-corrected chi connectivity index (χ2v) is 13.1. The summed E-state index contributed by atoms with van der Waals surface area (Å²) in [6, 6.07) is 5.79. The Kier molecular flexibility index (Phi) is 6.53. The first-order valence-corrected chi connectivity index (χ1v) is 13.7. The van der Waals surface area contributed by atoms with Crippen molar-refractivity contribution in [3.05, 3.63) is 51.6 Å². The largest absolute Gasteiger partial charge is 0.627 e. The molecule has 0 amide bonds. The van der Waals surface area contributed by atoms with Gasteiger partial charge in [-0.25, -0.2) is 9.97 Å². The number of anilines is 1. The molecular weight excluding hydrogens is 489 g/mol. The summed E-state index contributed by atoms with van der Waals surface area (Å²) < 4.78 is 19.3. The van der Waals surface area contributed by atoms with Gasteiger partial charge in [-0.2, -0.15) is 0 Å². The third-order valence-corrected chi connectivity index (χ3v) is 9.61. The Hall–Kier alpha value is -1.51. The van der Waals surface area contributed by atoms with E-state index in [2.05, 4.69) is 9.88 Å². The number of nitrogens with zero attached hydrogens (tertiary/aromatic N) is 5. The zero-order valence-corrected chi connectivity index (χ0v) is 22.1. The lowest BCUT2D eigenvalue weighted by atomic mass is 9.74. The highest BCUT2D eigenvalue weighted by Crippen LogP contribution is 2.51. The molecule has 2 fully saturated rings. The lowest BCUT2D eigenvalue weighted by Crippen LogP contribution is -2.45. The standard InChI is InChI=1S/C25H30Cl2N5OS/c1-24(2,3)34(33)30-20-8-5-9-25(20)10-13-31(14-11-25)23-29-16-18(22-28-12-15-32(22)23)17-6-4-7-19(26)21(17)27/h4,6-7,12,15-16,20H,5,8-11,13-14H2,1-3H3/q-1/t20-,34-/m1/s1. The second-order valence-electron chi connectivity index (χ2n) is 10.4. The molecule has 3 heterocycles.